The first-order chi connectivity index (χ1) is 9.00. The van der Waals surface area contributed by atoms with Gasteiger partial charge in [-0.25, -0.2) is 0 Å². The maximum Gasteiger partial charge on any atom is 0.230 e. The van der Waals surface area contributed by atoms with Crippen LogP contribution < -0.4 is 10.6 Å². The number of carbonyl (C=O) groups excluding carboxylic acids is 1. The van der Waals surface area contributed by atoms with E-state index in [2.05, 4.69) is 26.6 Å². The van der Waals surface area contributed by atoms with Crippen molar-refractivity contribution in [3.63, 3.8) is 0 Å². The number of hydrogen-bond acceptors (Lipinski definition) is 2. The van der Waals surface area contributed by atoms with E-state index in [-0.39, 0.29) is 18.3 Å². The summed E-state index contributed by atoms with van der Waals surface area (Å²) in [5, 5.41) is 6.45. The van der Waals surface area contributed by atoms with Crippen molar-refractivity contribution in [3.8, 4) is 0 Å². The third-order valence-electron chi connectivity index (χ3n) is 3.80. The van der Waals surface area contributed by atoms with E-state index in [0.717, 1.165) is 29.5 Å². The molecule has 0 aromatic heterocycles. The first-order valence-corrected chi connectivity index (χ1v) is 7.57. The van der Waals surface area contributed by atoms with Crippen LogP contribution in [0.15, 0.2) is 28.7 Å². The van der Waals surface area contributed by atoms with Crippen molar-refractivity contribution >= 4 is 34.2 Å². The zero-order valence-corrected chi connectivity index (χ0v) is 14.3. The molecule has 0 spiro atoms. The number of halogens is 2. The lowest BCUT2D eigenvalue weighted by molar-refractivity contribution is -0.125. The Bertz CT molecular complexity index is 442. The molecule has 2 N–H and O–H groups in total. The van der Waals surface area contributed by atoms with Gasteiger partial charge in [0.25, 0.3) is 0 Å². The molecule has 0 saturated carbocycles. The lowest BCUT2D eigenvalue weighted by Gasteiger charge is -2.25. The zero-order chi connectivity index (χ0) is 13.9. The van der Waals surface area contributed by atoms with Crippen LogP contribution in [-0.4, -0.2) is 25.0 Å². The fraction of sp³-hybridized carbons (Fsp3) is 0.533. The highest BCUT2D eigenvalue weighted by Crippen LogP contribution is 2.25. The lowest BCUT2D eigenvalue weighted by Crippen LogP contribution is -2.45. The molecular formula is C15H22BrClN2O. The lowest BCUT2D eigenvalue weighted by atomic mass is 9.83. The number of amides is 1. The number of hydrogen-bond donors (Lipinski definition) is 2. The van der Waals surface area contributed by atoms with Gasteiger partial charge in [0.2, 0.25) is 5.91 Å². The molecule has 1 aromatic carbocycles. The van der Waals surface area contributed by atoms with Crippen LogP contribution in [0.5, 0.6) is 0 Å². The van der Waals surface area contributed by atoms with E-state index >= 15 is 0 Å². The molecule has 1 aliphatic rings. The first kappa shape index (κ1) is 17.5. The molecule has 0 radical (unpaired) electrons. The van der Waals surface area contributed by atoms with E-state index in [0.29, 0.717) is 6.04 Å². The molecule has 1 atom stereocenters. The van der Waals surface area contributed by atoms with Gasteiger partial charge >= 0.3 is 0 Å². The van der Waals surface area contributed by atoms with Gasteiger partial charge in [-0.3, -0.25) is 4.79 Å². The predicted molar refractivity (Wildman–Crippen MR) is 88.5 cm³/mol. The summed E-state index contributed by atoms with van der Waals surface area (Å²) < 4.78 is 1.03. The molecule has 112 valence electrons. The van der Waals surface area contributed by atoms with E-state index in [9.17, 15) is 4.79 Å². The molecule has 3 nitrogen and oxygen atoms in total. The standard InChI is InChI=1S/C15H21BrN2O.ClH/c1-15(2,11-5-7-12(16)8-6-11)14(19)18-10-13-4-3-9-17-13;/h5-8,13,17H,3-4,9-10H2,1-2H3,(H,18,19);1H. The highest BCUT2D eigenvalue weighted by atomic mass is 79.9. The van der Waals surface area contributed by atoms with Crippen molar-refractivity contribution in [2.75, 3.05) is 13.1 Å². The minimum Gasteiger partial charge on any atom is -0.354 e. The quantitative estimate of drug-likeness (QED) is 0.865. The Balaban J connectivity index is 0.00000200. The van der Waals surface area contributed by atoms with Gasteiger partial charge in [0.1, 0.15) is 0 Å². The monoisotopic (exact) mass is 360 g/mol. The first-order valence-electron chi connectivity index (χ1n) is 6.78. The maximum atomic E-state index is 12.4. The van der Waals surface area contributed by atoms with Crippen molar-refractivity contribution in [2.24, 2.45) is 0 Å². The Morgan fingerprint density at radius 2 is 2.05 bits per heavy atom. The molecule has 1 heterocycles. The van der Waals surface area contributed by atoms with Gasteiger partial charge in [-0.2, -0.15) is 0 Å². The van der Waals surface area contributed by atoms with Crippen LogP contribution in [0.1, 0.15) is 32.3 Å². The van der Waals surface area contributed by atoms with Gasteiger partial charge in [0.15, 0.2) is 0 Å². The average molecular weight is 362 g/mol. The van der Waals surface area contributed by atoms with Gasteiger partial charge in [0.05, 0.1) is 5.41 Å². The van der Waals surface area contributed by atoms with Gasteiger partial charge < -0.3 is 10.6 Å². The molecule has 1 fully saturated rings. The molecular weight excluding hydrogens is 340 g/mol. The number of nitrogens with one attached hydrogen (secondary N) is 2. The normalized spacial score (nSPS) is 18.4. The molecule has 2 rings (SSSR count). The summed E-state index contributed by atoms with van der Waals surface area (Å²) in [7, 11) is 0. The van der Waals surface area contributed by atoms with Crippen LogP contribution in [0.25, 0.3) is 0 Å². The van der Waals surface area contributed by atoms with Gasteiger partial charge in [-0.05, 0) is 50.9 Å². The summed E-state index contributed by atoms with van der Waals surface area (Å²) in [5.41, 5.74) is 0.534. The molecule has 1 aromatic rings. The zero-order valence-electron chi connectivity index (χ0n) is 11.9. The third kappa shape index (κ3) is 4.21. The summed E-state index contributed by atoms with van der Waals surface area (Å²) in [4.78, 5) is 12.4. The SMILES string of the molecule is CC(C)(C(=O)NCC1CCCN1)c1ccc(Br)cc1.Cl. The number of carbonyl (C=O) groups is 1. The van der Waals surface area contributed by atoms with E-state index in [1.807, 2.05) is 38.1 Å². The summed E-state index contributed by atoms with van der Waals surface area (Å²) in [6.45, 7) is 5.72. The fourth-order valence-electron chi connectivity index (χ4n) is 2.37. The highest BCUT2D eigenvalue weighted by Gasteiger charge is 2.30. The molecule has 5 heteroatoms. The van der Waals surface area contributed by atoms with Crippen LogP contribution in [0.4, 0.5) is 0 Å². The van der Waals surface area contributed by atoms with Crippen LogP contribution in [0.3, 0.4) is 0 Å². The molecule has 1 aliphatic heterocycles. The minimum absolute atomic E-state index is 0. The van der Waals surface area contributed by atoms with Crippen molar-refractivity contribution in [1.82, 2.24) is 10.6 Å². The second-order valence-corrected chi connectivity index (χ2v) is 6.55. The highest BCUT2D eigenvalue weighted by molar-refractivity contribution is 9.10. The summed E-state index contributed by atoms with van der Waals surface area (Å²) >= 11 is 3.42. The number of rotatable bonds is 4. The largest absolute Gasteiger partial charge is 0.354 e. The average Bonchev–Trinajstić information content (AvgIpc) is 2.89. The van der Waals surface area contributed by atoms with Crippen molar-refractivity contribution < 1.29 is 4.79 Å². The Labute approximate surface area is 135 Å². The number of benzene rings is 1. The minimum atomic E-state index is -0.501. The van der Waals surface area contributed by atoms with Crippen LogP contribution in [0, 0.1) is 0 Å². The van der Waals surface area contributed by atoms with Gasteiger partial charge in [-0.15, -0.1) is 12.4 Å². The molecule has 1 saturated heterocycles. The summed E-state index contributed by atoms with van der Waals surface area (Å²) in [6.07, 6.45) is 2.36. The van der Waals surface area contributed by atoms with Gasteiger partial charge in [0, 0.05) is 17.1 Å². The van der Waals surface area contributed by atoms with E-state index in [1.54, 1.807) is 0 Å². The summed E-state index contributed by atoms with van der Waals surface area (Å²) in [6, 6.07) is 8.38. The Hall–Kier alpha value is -0.580. The second kappa shape index (κ2) is 7.43. The Kier molecular flexibility index (Phi) is 6.49. The van der Waals surface area contributed by atoms with Crippen molar-refractivity contribution in [3.05, 3.63) is 34.3 Å². The molecule has 0 bridgehead atoms. The molecule has 0 aliphatic carbocycles. The van der Waals surface area contributed by atoms with E-state index in [1.165, 1.54) is 6.42 Å². The molecule has 1 unspecified atom stereocenters. The Morgan fingerprint density at radius 1 is 1.40 bits per heavy atom. The second-order valence-electron chi connectivity index (χ2n) is 5.64. The van der Waals surface area contributed by atoms with Crippen molar-refractivity contribution in [1.29, 1.82) is 0 Å². The van der Waals surface area contributed by atoms with Crippen LogP contribution in [0.2, 0.25) is 0 Å². The fourth-order valence-corrected chi connectivity index (χ4v) is 2.63. The maximum absolute atomic E-state index is 12.4. The molecule has 20 heavy (non-hydrogen) atoms. The topological polar surface area (TPSA) is 41.1 Å². The van der Waals surface area contributed by atoms with Gasteiger partial charge in [-0.1, -0.05) is 28.1 Å². The van der Waals surface area contributed by atoms with E-state index < -0.39 is 5.41 Å². The Morgan fingerprint density at radius 3 is 2.60 bits per heavy atom. The third-order valence-corrected chi connectivity index (χ3v) is 4.33. The van der Waals surface area contributed by atoms with Crippen LogP contribution >= 0.6 is 28.3 Å². The van der Waals surface area contributed by atoms with Crippen LogP contribution in [-0.2, 0) is 10.2 Å². The predicted octanol–water partition coefficient (Wildman–Crippen LogP) is 3.02. The summed E-state index contributed by atoms with van der Waals surface area (Å²) in [5.74, 6) is 0.0866. The van der Waals surface area contributed by atoms with E-state index in [4.69, 9.17) is 0 Å². The smallest absolute Gasteiger partial charge is 0.230 e. The molecule has 1 amide bonds. The van der Waals surface area contributed by atoms with Crippen molar-refractivity contribution in [2.45, 2.75) is 38.1 Å².